The molecule has 2 N–H and O–H groups in total. The number of ether oxygens (including phenoxy) is 1. The van der Waals surface area contributed by atoms with E-state index in [4.69, 9.17) is 9.84 Å². The first-order valence-corrected chi connectivity index (χ1v) is 6.01. The van der Waals surface area contributed by atoms with Crippen molar-refractivity contribution in [3.8, 4) is 5.75 Å². The Bertz CT molecular complexity index is 286. The number of nitrogens with one attached hydrogen (secondary N) is 1. The van der Waals surface area contributed by atoms with E-state index in [2.05, 4.69) is 19.2 Å². The first-order chi connectivity index (χ1) is 7.19. The molecule has 4 heteroatoms. The molecule has 1 heterocycles. The first kappa shape index (κ1) is 12.5. The zero-order chi connectivity index (χ0) is 11.3. The zero-order valence-corrected chi connectivity index (χ0v) is 10.3. The van der Waals surface area contributed by atoms with E-state index >= 15 is 0 Å². The minimum atomic E-state index is 0.150. The van der Waals surface area contributed by atoms with Crippen molar-refractivity contribution in [2.24, 2.45) is 5.92 Å². The summed E-state index contributed by atoms with van der Waals surface area (Å²) in [7, 11) is 1.68. The van der Waals surface area contributed by atoms with Crippen LogP contribution < -0.4 is 10.1 Å². The lowest BCUT2D eigenvalue weighted by atomic mass is 10.1. The topological polar surface area (TPSA) is 41.5 Å². The van der Waals surface area contributed by atoms with E-state index in [0.29, 0.717) is 5.92 Å². The third kappa shape index (κ3) is 3.48. The predicted molar refractivity (Wildman–Crippen MR) is 63.4 cm³/mol. The van der Waals surface area contributed by atoms with Gasteiger partial charge in [-0.05, 0) is 17.4 Å². The standard InChI is InChI=1S/C11H19NO2S/c1-8(2)9(7-13)12-6-11-10(14-3)4-5-15-11/h4-5,8-9,12-13H,6-7H2,1-3H3/t9-/m1/s1. The SMILES string of the molecule is COc1ccsc1CN[C@H](CO)C(C)C. The molecule has 0 aliphatic carbocycles. The van der Waals surface area contributed by atoms with E-state index in [-0.39, 0.29) is 12.6 Å². The zero-order valence-electron chi connectivity index (χ0n) is 9.49. The highest BCUT2D eigenvalue weighted by molar-refractivity contribution is 7.10. The van der Waals surface area contributed by atoms with Crippen LogP contribution in [0.4, 0.5) is 0 Å². The Balaban J connectivity index is 2.48. The van der Waals surface area contributed by atoms with Crippen LogP contribution in [0.15, 0.2) is 11.4 Å². The first-order valence-electron chi connectivity index (χ1n) is 5.13. The second kappa shape index (κ2) is 6.10. The van der Waals surface area contributed by atoms with E-state index in [1.54, 1.807) is 18.4 Å². The van der Waals surface area contributed by atoms with Crippen LogP contribution in [0, 0.1) is 5.92 Å². The third-order valence-corrected chi connectivity index (χ3v) is 3.35. The minimum Gasteiger partial charge on any atom is -0.496 e. The smallest absolute Gasteiger partial charge is 0.134 e. The van der Waals surface area contributed by atoms with Gasteiger partial charge < -0.3 is 15.2 Å². The van der Waals surface area contributed by atoms with Crippen molar-refractivity contribution in [2.45, 2.75) is 26.4 Å². The molecule has 86 valence electrons. The fourth-order valence-corrected chi connectivity index (χ4v) is 2.16. The molecule has 0 saturated heterocycles. The van der Waals surface area contributed by atoms with Crippen LogP contribution in [-0.4, -0.2) is 24.9 Å². The van der Waals surface area contributed by atoms with Crippen LogP contribution in [0.5, 0.6) is 5.75 Å². The van der Waals surface area contributed by atoms with Crippen molar-refractivity contribution >= 4 is 11.3 Å². The highest BCUT2D eigenvalue weighted by Gasteiger charge is 2.12. The van der Waals surface area contributed by atoms with E-state index in [1.165, 1.54) is 4.88 Å². The van der Waals surface area contributed by atoms with Crippen LogP contribution in [0.25, 0.3) is 0 Å². The van der Waals surface area contributed by atoms with Gasteiger partial charge in [0.05, 0.1) is 18.6 Å². The lowest BCUT2D eigenvalue weighted by Gasteiger charge is -2.19. The van der Waals surface area contributed by atoms with E-state index in [1.807, 2.05) is 11.4 Å². The Morgan fingerprint density at radius 3 is 2.80 bits per heavy atom. The van der Waals surface area contributed by atoms with Gasteiger partial charge in [-0.25, -0.2) is 0 Å². The lowest BCUT2D eigenvalue weighted by Crippen LogP contribution is -2.36. The summed E-state index contributed by atoms with van der Waals surface area (Å²) in [5.74, 6) is 1.36. The molecule has 0 amide bonds. The van der Waals surface area contributed by atoms with Gasteiger partial charge in [-0.1, -0.05) is 13.8 Å². The van der Waals surface area contributed by atoms with Crippen molar-refractivity contribution in [3.05, 3.63) is 16.3 Å². The van der Waals surface area contributed by atoms with E-state index < -0.39 is 0 Å². The van der Waals surface area contributed by atoms with Crippen molar-refractivity contribution in [3.63, 3.8) is 0 Å². The fraction of sp³-hybridized carbons (Fsp3) is 0.636. The maximum Gasteiger partial charge on any atom is 0.134 e. The Morgan fingerprint density at radius 2 is 2.27 bits per heavy atom. The van der Waals surface area contributed by atoms with Gasteiger partial charge in [0.1, 0.15) is 5.75 Å². The van der Waals surface area contributed by atoms with Gasteiger partial charge in [0, 0.05) is 12.6 Å². The van der Waals surface area contributed by atoms with Crippen LogP contribution in [0.1, 0.15) is 18.7 Å². The molecule has 0 spiro atoms. The van der Waals surface area contributed by atoms with Gasteiger partial charge in [-0.15, -0.1) is 11.3 Å². The van der Waals surface area contributed by atoms with E-state index in [9.17, 15) is 0 Å². The molecule has 0 unspecified atom stereocenters. The highest BCUT2D eigenvalue weighted by atomic mass is 32.1. The fourth-order valence-electron chi connectivity index (χ4n) is 1.37. The molecule has 0 aliphatic heterocycles. The van der Waals surface area contributed by atoms with Crippen LogP contribution in [-0.2, 0) is 6.54 Å². The highest BCUT2D eigenvalue weighted by Crippen LogP contribution is 2.24. The van der Waals surface area contributed by atoms with Gasteiger partial charge in [-0.3, -0.25) is 0 Å². The number of aliphatic hydroxyl groups is 1. The summed E-state index contributed by atoms with van der Waals surface area (Å²) in [5.41, 5.74) is 0. The normalized spacial score (nSPS) is 13.1. The monoisotopic (exact) mass is 229 g/mol. The molecular formula is C11H19NO2S. The number of hydrogen-bond donors (Lipinski definition) is 2. The van der Waals surface area contributed by atoms with E-state index in [0.717, 1.165) is 12.3 Å². The Kier molecular flexibility index (Phi) is 5.08. The van der Waals surface area contributed by atoms with Crippen LogP contribution in [0.2, 0.25) is 0 Å². The molecule has 1 rings (SSSR count). The molecule has 3 nitrogen and oxygen atoms in total. The third-order valence-electron chi connectivity index (χ3n) is 2.45. The van der Waals surface area contributed by atoms with Crippen molar-refractivity contribution in [1.29, 1.82) is 0 Å². The molecule has 0 aromatic carbocycles. The Labute approximate surface area is 95.1 Å². The van der Waals surface area contributed by atoms with Crippen molar-refractivity contribution in [1.82, 2.24) is 5.32 Å². The summed E-state index contributed by atoms with van der Waals surface area (Å²) in [6.45, 7) is 5.12. The van der Waals surface area contributed by atoms with Crippen molar-refractivity contribution in [2.75, 3.05) is 13.7 Å². The second-order valence-corrected chi connectivity index (χ2v) is 4.83. The van der Waals surface area contributed by atoms with Gasteiger partial charge in [0.25, 0.3) is 0 Å². The number of hydrogen-bond acceptors (Lipinski definition) is 4. The summed E-state index contributed by atoms with van der Waals surface area (Å²) in [4.78, 5) is 1.18. The molecule has 1 aromatic rings. The molecular weight excluding hydrogens is 210 g/mol. The molecule has 15 heavy (non-hydrogen) atoms. The van der Waals surface area contributed by atoms with Crippen LogP contribution >= 0.6 is 11.3 Å². The summed E-state index contributed by atoms with van der Waals surface area (Å²) in [6, 6.07) is 2.11. The Morgan fingerprint density at radius 1 is 1.53 bits per heavy atom. The quantitative estimate of drug-likeness (QED) is 0.782. The molecule has 0 aliphatic rings. The minimum absolute atomic E-state index is 0.150. The summed E-state index contributed by atoms with van der Waals surface area (Å²) < 4.78 is 5.22. The number of thiophene rings is 1. The maximum absolute atomic E-state index is 9.16. The van der Waals surface area contributed by atoms with Crippen LogP contribution in [0.3, 0.4) is 0 Å². The molecule has 0 bridgehead atoms. The Hall–Kier alpha value is -0.580. The molecule has 1 aromatic heterocycles. The lowest BCUT2D eigenvalue weighted by molar-refractivity contribution is 0.210. The maximum atomic E-state index is 9.16. The number of rotatable bonds is 6. The average Bonchev–Trinajstić information content (AvgIpc) is 2.65. The molecule has 0 radical (unpaired) electrons. The average molecular weight is 229 g/mol. The molecule has 0 fully saturated rings. The van der Waals surface area contributed by atoms with Gasteiger partial charge in [0.2, 0.25) is 0 Å². The second-order valence-electron chi connectivity index (χ2n) is 3.83. The predicted octanol–water partition coefficient (Wildman–Crippen LogP) is 1.86. The van der Waals surface area contributed by atoms with Crippen molar-refractivity contribution < 1.29 is 9.84 Å². The van der Waals surface area contributed by atoms with Gasteiger partial charge >= 0.3 is 0 Å². The largest absolute Gasteiger partial charge is 0.496 e. The molecule has 0 saturated carbocycles. The van der Waals surface area contributed by atoms with Gasteiger partial charge in [-0.2, -0.15) is 0 Å². The summed E-state index contributed by atoms with van der Waals surface area (Å²) >= 11 is 1.67. The van der Waals surface area contributed by atoms with Gasteiger partial charge in [0.15, 0.2) is 0 Å². The summed E-state index contributed by atoms with van der Waals surface area (Å²) in [6.07, 6.45) is 0. The number of aliphatic hydroxyl groups excluding tert-OH is 1. The molecule has 1 atom stereocenters. The summed E-state index contributed by atoms with van der Waals surface area (Å²) in [5, 5.41) is 14.5. The number of methoxy groups -OCH3 is 1.